The lowest BCUT2D eigenvalue weighted by molar-refractivity contribution is -0.134. The van der Waals surface area contributed by atoms with Gasteiger partial charge in [0.05, 0.1) is 7.11 Å². The molecule has 0 saturated heterocycles. The summed E-state index contributed by atoms with van der Waals surface area (Å²) in [6, 6.07) is 11.7. The van der Waals surface area contributed by atoms with Crippen molar-refractivity contribution in [3.63, 3.8) is 0 Å². The molecule has 0 fully saturated rings. The summed E-state index contributed by atoms with van der Waals surface area (Å²) >= 11 is 0. The van der Waals surface area contributed by atoms with Crippen molar-refractivity contribution < 1.29 is 23.4 Å². The molecule has 2 aromatic rings. The van der Waals surface area contributed by atoms with Crippen molar-refractivity contribution in [2.75, 3.05) is 21.0 Å². The Balaban J connectivity index is 2.64. The molecule has 2 rings (SSSR count). The van der Waals surface area contributed by atoms with Crippen LogP contribution in [0.3, 0.4) is 0 Å². The van der Waals surface area contributed by atoms with E-state index < -0.39 is 11.8 Å². The van der Waals surface area contributed by atoms with Crippen LogP contribution < -0.4 is 4.74 Å². The predicted molar refractivity (Wildman–Crippen MR) is 89.2 cm³/mol. The number of hydrogen-bond donors (Lipinski definition) is 0. The van der Waals surface area contributed by atoms with Gasteiger partial charge in [0.25, 0.3) is 0 Å². The van der Waals surface area contributed by atoms with E-state index in [0.29, 0.717) is 16.9 Å². The van der Waals surface area contributed by atoms with Gasteiger partial charge in [-0.15, -0.1) is 0 Å². The zero-order chi connectivity index (χ0) is 17.5. The molecule has 126 valence electrons. The number of halogens is 1. The molecule has 0 aromatic heterocycles. The number of carbonyl (C=O) groups excluding carboxylic acids is 1. The summed E-state index contributed by atoms with van der Waals surface area (Å²) in [5.74, 6) is -0.528. The van der Waals surface area contributed by atoms with Gasteiger partial charge in [0.2, 0.25) is 0 Å². The van der Waals surface area contributed by atoms with Crippen LogP contribution in [0.5, 0.6) is 5.75 Å². The number of benzene rings is 2. The van der Waals surface area contributed by atoms with E-state index in [2.05, 4.69) is 0 Å². The molecule has 0 aliphatic carbocycles. The summed E-state index contributed by atoms with van der Waals surface area (Å²) < 4.78 is 29.5. The van der Waals surface area contributed by atoms with Crippen LogP contribution in [0.1, 0.15) is 16.7 Å². The highest BCUT2D eigenvalue weighted by Crippen LogP contribution is 2.33. The minimum atomic E-state index is -0.576. The Hall–Kier alpha value is -2.66. The molecule has 0 amide bonds. The molecule has 0 saturated carbocycles. The number of aryl methyl sites for hydroxylation is 1. The van der Waals surface area contributed by atoms with E-state index in [0.717, 1.165) is 5.56 Å². The van der Waals surface area contributed by atoms with Gasteiger partial charge >= 0.3 is 5.97 Å². The Morgan fingerprint density at radius 3 is 2.54 bits per heavy atom. The molecule has 0 bridgehead atoms. The first-order valence-corrected chi connectivity index (χ1v) is 7.34. The molecule has 0 spiro atoms. The van der Waals surface area contributed by atoms with Gasteiger partial charge < -0.3 is 14.2 Å². The van der Waals surface area contributed by atoms with Crippen molar-refractivity contribution in [1.29, 1.82) is 0 Å². The first-order chi connectivity index (χ1) is 11.6. The van der Waals surface area contributed by atoms with E-state index in [9.17, 15) is 9.18 Å². The van der Waals surface area contributed by atoms with Crippen LogP contribution >= 0.6 is 0 Å². The van der Waals surface area contributed by atoms with Crippen LogP contribution in [0.25, 0.3) is 5.57 Å². The largest absolute Gasteiger partial charge is 0.467 e. The lowest BCUT2D eigenvalue weighted by Crippen LogP contribution is -2.05. The summed E-state index contributed by atoms with van der Waals surface area (Å²) in [5, 5.41) is 0. The van der Waals surface area contributed by atoms with Gasteiger partial charge in [-0.05, 0) is 25.1 Å². The fourth-order valence-corrected chi connectivity index (χ4v) is 2.26. The molecule has 0 unspecified atom stereocenters. The van der Waals surface area contributed by atoms with E-state index in [4.69, 9.17) is 14.2 Å². The molecular weight excluding hydrogens is 311 g/mol. The standard InChI is InChI=1S/C19H19FO4/c1-13-8-9-18(24-12-22-2)16(10-13)15(11-19(21)23-3)14-6-4-5-7-17(14)20/h4-11H,12H2,1-3H3. The summed E-state index contributed by atoms with van der Waals surface area (Å²) in [7, 11) is 2.78. The van der Waals surface area contributed by atoms with E-state index in [1.165, 1.54) is 26.4 Å². The van der Waals surface area contributed by atoms with Crippen molar-refractivity contribution in [3.05, 3.63) is 71.0 Å². The number of esters is 1. The molecule has 0 atom stereocenters. The monoisotopic (exact) mass is 330 g/mol. The Bertz CT molecular complexity index is 753. The minimum Gasteiger partial charge on any atom is -0.467 e. The third-order valence-electron chi connectivity index (χ3n) is 3.38. The van der Waals surface area contributed by atoms with E-state index >= 15 is 0 Å². The van der Waals surface area contributed by atoms with Crippen LogP contribution in [-0.2, 0) is 14.3 Å². The smallest absolute Gasteiger partial charge is 0.331 e. The maximum Gasteiger partial charge on any atom is 0.331 e. The van der Waals surface area contributed by atoms with Gasteiger partial charge in [0.1, 0.15) is 11.6 Å². The first kappa shape index (κ1) is 17.7. The second-order valence-electron chi connectivity index (χ2n) is 5.11. The SMILES string of the molecule is COCOc1ccc(C)cc1C(=CC(=O)OC)c1ccccc1F. The van der Waals surface area contributed by atoms with E-state index in [1.807, 2.05) is 19.1 Å². The fraction of sp³-hybridized carbons (Fsp3) is 0.211. The van der Waals surface area contributed by atoms with Gasteiger partial charge in [-0.2, -0.15) is 0 Å². The maximum atomic E-state index is 14.3. The molecule has 0 heterocycles. The van der Waals surface area contributed by atoms with Gasteiger partial charge in [-0.3, -0.25) is 0 Å². The van der Waals surface area contributed by atoms with Crippen LogP contribution in [0, 0.1) is 12.7 Å². The van der Waals surface area contributed by atoms with Crippen molar-refractivity contribution in [2.45, 2.75) is 6.92 Å². The molecular formula is C19H19FO4. The number of hydrogen-bond acceptors (Lipinski definition) is 4. The predicted octanol–water partition coefficient (Wildman–Crippen LogP) is 3.72. The third-order valence-corrected chi connectivity index (χ3v) is 3.38. The Morgan fingerprint density at radius 2 is 1.88 bits per heavy atom. The Morgan fingerprint density at radius 1 is 1.12 bits per heavy atom. The quantitative estimate of drug-likeness (QED) is 0.460. The number of ether oxygens (including phenoxy) is 3. The highest BCUT2D eigenvalue weighted by molar-refractivity contribution is 5.97. The van der Waals surface area contributed by atoms with Gasteiger partial charge in [0.15, 0.2) is 6.79 Å². The van der Waals surface area contributed by atoms with Crippen molar-refractivity contribution in [1.82, 2.24) is 0 Å². The molecule has 5 heteroatoms. The maximum absolute atomic E-state index is 14.3. The highest BCUT2D eigenvalue weighted by atomic mass is 19.1. The lowest BCUT2D eigenvalue weighted by atomic mass is 9.95. The average molecular weight is 330 g/mol. The second-order valence-corrected chi connectivity index (χ2v) is 5.11. The van der Waals surface area contributed by atoms with E-state index in [-0.39, 0.29) is 12.4 Å². The lowest BCUT2D eigenvalue weighted by Gasteiger charge is -2.15. The van der Waals surface area contributed by atoms with Crippen molar-refractivity contribution >= 4 is 11.5 Å². The molecule has 24 heavy (non-hydrogen) atoms. The molecule has 2 aromatic carbocycles. The second kappa shape index (κ2) is 8.26. The molecule has 0 N–H and O–H groups in total. The minimum absolute atomic E-state index is 0.0405. The van der Waals surface area contributed by atoms with Crippen molar-refractivity contribution in [3.8, 4) is 5.75 Å². The molecule has 4 nitrogen and oxygen atoms in total. The van der Waals surface area contributed by atoms with Gasteiger partial charge in [0, 0.05) is 29.9 Å². The third kappa shape index (κ3) is 4.20. The molecule has 0 radical (unpaired) electrons. The van der Waals surface area contributed by atoms with Crippen LogP contribution in [-0.4, -0.2) is 27.0 Å². The number of carbonyl (C=O) groups is 1. The zero-order valence-electron chi connectivity index (χ0n) is 13.8. The summed E-state index contributed by atoms with van der Waals surface area (Å²) in [5.41, 5.74) is 2.20. The van der Waals surface area contributed by atoms with Crippen LogP contribution in [0.4, 0.5) is 4.39 Å². The fourth-order valence-electron chi connectivity index (χ4n) is 2.26. The zero-order valence-corrected chi connectivity index (χ0v) is 13.8. The van der Waals surface area contributed by atoms with Crippen LogP contribution in [0.15, 0.2) is 48.5 Å². The molecule has 0 aliphatic rings. The normalized spacial score (nSPS) is 11.2. The average Bonchev–Trinajstić information content (AvgIpc) is 2.59. The summed E-state index contributed by atoms with van der Waals surface area (Å²) in [6.45, 7) is 1.94. The first-order valence-electron chi connectivity index (χ1n) is 7.34. The summed E-state index contributed by atoms with van der Waals surface area (Å²) in [6.07, 6.45) is 1.26. The number of methoxy groups -OCH3 is 2. The molecule has 0 aliphatic heterocycles. The van der Waals surface area contributed by atoms with Gasteiger partial charge in [-0.25, -0.2) is 9.18 Å². The Labute approximate surface area is 140 Å². The van der Waals surface area contributed by atoms with Crippen molar-refractivity contribution in [2.24, 2.45) is 0 Å². The highest BCUT2D eigenvalue weighted by Gasteiger charge is 2.17. The number of rotatable bonds is 6. The van der Waals surface area contributed by atoms with Crippen LogP contribution in [0.2, 0.25) is 0 Å². The topological polar surface area (TPSA) is 44.8 Å². The van der Waals surface area contributed by atoms with Gasteiger partial charge in [-0.1, -0.05) is 29.8 Å². The Kier molecular flexibility index (Phi) is 6.09. The summed E-state index contributed by atoms with van der Waals surface area (Å²) in [4.78, 5) is 11.8. The van der Waals surface area contributed by atoms with E-state index in [1.54, 1.807) is 24.3 Å².